The highest BCUT2D eigenvalue weighted by atomic mass is 16.3. The second kappa shape index (κ2) is 5.59. The zero-order valence-electron chi connectivity index (χ0n) is 13.3. The molecule has 3 rings (SSSR count). The molecule has 1 atom stereocenters. The number of rotatable bonds is 3. The van der Waals surface area contributed by atoms with Gasteiger partial charge < -0.3 is 9.73 Å². The van der Waals surface area contributed by atoms with Crippen molar-refractivity contribution in [3.05, 3.63) is 36.2 Å². The number of anilines is 1. The molecule has 0 radical (unpaired) electrons. The van der Waals surface area contributed by atoms with E-state index in [4.69, 9.17) is 4.42 Å². The molecule has 0 fully saturated rings. The second-order valence-electron chi connectivity index (χ2n) is 6.97. The van der Waals surface area contributed by atoms with Crippen LogP contribution in [-0.4, -0.2) is 10.9 Å². The summed E-state index contributed by atoms with van der Waals surface area (Å²) in [7, 11) is 0. The van der Waals surface area contributed by atoms with E-state index in [-0.39, 0.29) is 11.3 Å². The standard InChI is InChI=1S/C18H22N2O2/c1-18(2,3)17-20-14-11-13(8-9-15(14)22-17)19-16(21)10-12-6-4-5-7-12/h4,6,8-9,11-12H,5,7,10H2,1-3H3,(H,19,21)/t12-/m0/s1. The third-order valence-corrected chi connectivity index (χ3v) is 3.87. The third-order valence-electron chi connectivity index (χ3n) is 3.87. The highest BCUT2D eigenvalue weighted by Gasteiger charge is 2.21. The smallest absolute Gasteiger partial charge is 0.224 e. The molecule has 1 heterocycles. The van der Waals surface area contributed by atoms with E-state index in [0.29, 0.717) is 18.2 Å². The highest BCUT2D eigenvalue weighted by molar-refractivity contribution is 5.93. The molecule has 1 aromatic heterocycles. The number of carbonyl (C=O) groups excluding carboxylic acids is 1. The maximum absolute atomic E-state index is 12.1. The Bertz CT molecular complexity index is 722. The molecule has 0 aliphatic heterocycles. The van der Waals surface area contributed by atoms with Gasteiger partial charge >= 0.3 is 0 Å². The molecule has 0 saturated carbocycles. The summed E-state index contributed by atoms with van der Waals surface area (Å²) in [6.07, 6.45) is 6.98. The summed E-state index contributed by atoms with van der Waals surface area (Å²) in [6, 6.07) is 5.60. The van der Waals surface area contributed by atoms with Crippen molar-refractivity contribution in [2.45, 2.75) is 45.4 Å². The molecule has 116 valence electrons. The Hall–Kier alpha value is -2.10. The van der Waals surface area contributed by atoms with Gasteiger partial charge in [0.2, 0.25) is 11.8 Å². The van der Waals surface area contributed by atoms with E-state index in [2.05, 4.69) is 43.2 Å². The molecular formula is C18H22N2O2. The van der Waals surface area contributed by atoms with Gasteiger partial charge in [-0.2, -0.15) is 0 Å². The lowest BCUT2D eigenvalue weighted by atomic mass is 9.97. The monoisotopic (exact) mass is 298 g/mol. The van der Waals surface area contributed by atoms with E-state index < -0.39 is 0 Å². The number of aromatic nitrogens is 1. The summed E-state index contributed by atoms with van der Waals surface area (Å²) in [5, 5.41) is 2.95. The van der Waals surface area contributed by atoms with Crippen LogP contribution < -0.4 is 5.32 Å². The predicted molar refractivity (Wildman–Crippen MR) is 87.8 cm³/mol. The van der Waals surface area contributed by atoms with Crippen LogP contribution in [0.15, 0.2) is 34.8 Å². The molecule has 1 aliphatic rings. The van der Waals surface area contributed by atoms with E-state index in [1.807, 2.05) is 18.2 Å². The first-order valence-electron chi connectivity index (χ1n) is 7.79. The Kier molecular flexibility index (Phi) is 3.77. The summed E-state index contributed by atoms with van der Waals surface area (Å²) < 4.78 is 5.77. The van der Waals surface area contributed by atoms with Gasteiger partial charge in [0, 0.05) is 17.5 Å². The van der Waals surface area contributed by atoms with E-state index in [9.17, 15) is 4.79 Å². The van der Waals surface area contributed by atoms with Gasteiger partial charge in [-0.05, 0) is 37.0 Å². The number of carbonyl (C=O) groups is 1. The number of fused-ring (bicyclic) bond motifs is 1. The van der Waals surface area contributed by atoms with Gasteiger partial charge in [-0.1, -0.05) is 32.9 Å². The van der Waals surface area contributed by atoms with Crippen molar-refractivity contribution in [2.75, 3.05) is 5.32 Å². The van der Waals surface area contributed by atoms with Gasteiger partial charge in [0.1, 0.15) is 5.52 Å². The van der Waals surface area contributed by atoms with Crippen molar-refractivity contribution in [3.63, 3.8) is 0 Å². The van der Waals surface area contributed by atoms with E-state index >= 15 is 0 Å². The number of hydrogen-bond donors (Lipinski definition) is 1. The first-order chi connectivity index (χ1) is 10.4. The highest BCUT2D eigenvalue weighted by Crippen LogP contribution is 2.27. The van der Waals surface area contributed by atoms with Crippen LogP contribution in [-0.2, 0) is 10.2 Å². The van der Waals surface area contributed by atoms with E-state index in [1.165, 1.54) is 0 Å². The molecule has 0 spiro atoms. The molecule has 4 nitrogen and oxygen atoms in total. The zero-order valence-corrected chi connectivity index (χ0v) is 13.3. The molecular weight excluding hydrogens is 276 g/mol. The summed E-state index contributed by atoms with van der Waals surface area (Å²) in [5.41, 5.74) is 2.18. The minimum absolute atomic E-state index is 0.0513. The second-order valence-corrected chi connectivity index (χ2v) is 6.97. The van der Waals surface area contributed by atoms with Crippen LogP contribution >= 0.6 is 0 Å². The van der Waals surface area contributed by atoms with Crippen LogP contribution in [0.4, 0.5) is 5.69 Å². The van der Waals surface area contributed by atoms with Crippen molar-refractivity contribution >= 4 is 22.7 Å². The lowest BCUT2D eigenvalue weighted by Crippen LogP contribution is -2.14. The Morgan fingerprint density at radius 3 is 2.91 bits per heavy atom. The lowest BCUT2D eigenvalue weighted by Gasteiger charge is -2.11. The van der Waals surface area contributed by atoms with E-state index in [1.54, 1.807) is 0 Å². The number of oxazole rings is 1. The zero-order chi connectivity index (χ0) is 15.7. The van der Waals surface area contributed by atoms with Crippen LogP contribution in [0.1, 0.15) is 45.9 Å². The van der Waals surface area contributed by atoms with Gasteiger partial charge in [-0.3, -0.25) is 4.79 Å². The molecule has 0 unspecified atom stereocenters. The number of nitrogens with zero attached hydrogens (tertiary/aromatic N) is 1. The Labute approximate surface area is 130 Å². The first kappa shape index (κ1) is 14.8. The van der Waals surface area contributed by atoms with Gasteiger partial charge in [-0.15, -0.1) is 0 Å². The molecule has 4 heteroatoms. The minimum Gasteiger partial charge on any atom is -0.440 e. The van der Waals surface area contributed by atoms with Gasteiger partial charge in [0.05, 0.1) is 0 Å². The van der Waals surface area contributed by atoms with Gasteiger partial charge in [-0.25, -0.2) is 4.98 Å². The number of allylic oxidation sites excluding steroid dienone is 2. The van der Waals surface area contributed by atoms with Crippen LogP contribution in [0.2, 0.25) is 0 Å². The first-order valence-corrected chi connectivity index (χ1v) is 7.79. The van der Waals surface area contributed by atoms with Gasteiger partial charge in [0.15, 0.2) is 5.58 Å². The van der Waals surface area contributed by atoms with E-state index in [0.717, 1.165) is 29.6 Å². The van der Waals surface area contributed by atoms with Crippen molar-refractivity contribution < 1.29 is 9.21 Å². The number of nitrogens with one attached hydrogen (secondary N) is 1. The Morgan fingerprint density at radius 2 is 2.23 bits per heavy atom. The summed E-state index contributed by atoms with van der Waals surface area (Å²) in [5.74, 6) is 1.14. The fourth-order valence-corrected chi connectivity index (χ4v) is 2.64. The fourth-order valence-electron chi connectivity index (χ4n) is 2.64. The molecule has 0 saturated heterocycles. The van der Waals surface area contributed by atoms with Crippen molar-refractivity contribution in [2.24, 2.45) is 5.92 Å². The van der Waals surface area contributed by atoms with Crippen molar-refractivity contribution in [3.8, 4) is 0 Å². The largest absolute Gasteiger partial charge is 0.440 e. The molecule has 1 N–H and O–H groups in total. The molecule has 2 aromatic rings. The summed E-state index contributed by atoms with van der Waals surface area (Å²) in [6.45, 7) is 6.19. The van der Waals surface area contributed by atoms with Crippen molar-refractivity contribution in [1.29, 1.82) is 0 Å². The van der Waals surface area contributed by atoms with Crippen LogP contribution in [0.5, 0.6) is 0 Å². The average Bonchev–Trinajstić information content (AvgIpc) is 3.06. The average molecular weight is 298 g/mol. The third kappa shape index (κ3) is 3.21. The number of hydrogen-bond acceptors (Lipinski definition) is 3. The quantitative estimate of drug-likeness (QED) is 0.853. The van der Waals surface area contributed by atoms with Crippen LogP contribution in [0, 0.1) is 5.92 Å². The molecule has 1 aromatic carbocycles. The summed E-state index contributed by atoms with van der Waals surface area (Å²) >= 11 is 0. The maximum Gasteiger partial charge on any atom is 0.224 e. The molecule has 1 amide bonds. The SMILES string of the molecule is CC(C)(C)c1nc2cc(NC(=O)C[C@H]3C=CCC3)ccc2o1. The minimum atomic E-state index is -0.128. The predicted octanol–water partition coefficient (Wildman–Crippen LogP) is 4.42. The topological polar surface area (TPSA) is 55.1 Å². The number of benzene rings is 1. The van der Waals surface area contributed by atoms with Crippen LogP contribution in [0.3, 0.4) is 0 Å². The van der Waals surface area contributed by atoms with Gasteiger partial charge in [0.25, 0.3) is 0 Å². The van der Waals surface area contributed by atoms with Crippen molar-refractivity contribution in [1.82, 2.24) is 4.98 Å². The fraction of sp³-hybridized carbons (Fsp3) is 0.444. The normalized spacial score (nSPS) is 18.0. The Balaban J connectivity index is 1.74. The lowest BCUT2D eigenvalue weighted by molar-refractivity contribution is -0.116. The maximum atomic E-state index is 12.1. The van der Waals surface area contributed by atoms with Crippen LogP contribution in [0.25, 0.3) is 11.1 Å². The summed E-state index contributed by atoms with van der Waals surface area (Å²) in [4.78, 5) is 16.6. The molecule has 0 bridgehead atoms. The Morgan fingerprint density at radius 1 is 1.41 bits per heavy atom. The molecule has 1 aliphatic carbocycles. The molecule has 22 heavy (non-hydrogen) atoms. The number of amides is 1.